The zero-order chi connectivity index (χ0) is 32.3. The molecule has 0 spiro atoms. The molecule has 2 aromatic carbocycles. The summed E-state index contributed by atoms with van der Waals surface area (Å²) in [5.74, 6) is -4.81. The molecule has 0 saturated heterocycles. The molecule has 14 heteroatoms. The van der Waals surface area contributed by atoms with Crippen LogP contribution in [0.4, 0.5) is 0 Å². The van der Waals surface area contributed by atoms with Crippen molar-refractivity contribution in [2.75, 3.05) is 13.2 Å². The van der Waals surface area contributed by atoms with E-state index >= 15 is 0 Å². The van der Waals surface area contributed by atoms with Crippen molar-refractivity contribution >= 4 is 93.5 Å². The van der Waals surface area contributed by atoms with E-state index < -0.39 is 46.5 Å². The van der Waals surface area contributed by atoms with E-state index in [0.717, 1.165) is 50.7 Å². The minimum Gasteiger partial charge on any atom is -0.462 e. The Morgan fingerprint density at radius 1 is 0.591 bits per heavy atom. The summed E-state index contributed by atoms with van der Waals surface area (Å²) in [7, 11) is 0. The molecule has 0 aromatic heterocycles. The Kier molecular flexibility index (Phi) is 12.0. The molecule has 8 nitrogen and oxygen atoms in total. The minimum atomic E-state index is -1.63. The van der Waals surface area contributed by atoms with Gasteiger partial charge in [0.05, 0.1) is 43.3 Å². The highest BCUT2D eigenvalue weighted by molar-refractivity contribution is 6.47. The molecule has 0 aliphatic heterocycles. The number of carbonyl (C=O) groups is 4. The molecule has 238 valence electrons. The van der Waals surface area contributed by atoms with Gasteiger partial charge in [-0.3, -0.25) is 0 Å². The summed E-state index contributed by atoms with van der Waals surface area (Å²) < 4.78 is 21.1. The van der Waals surface area contributed by atoms with Crippen LogP contribution in [-0.4, -0.2) is 37.1 Å². The van der Waals surface area contributed by atoms with Crippen LogP contribution in [0.2, 0.25) is 30.1 Å². The fourth-order valence-corrected chi connectivity index (χ4v) is 6.65. The summed E-state index contributed by atoms with van der Waals surface area (Å²) in [6.07, 6.45) is 5.71. The van der Waals surface area contributed by atoms with Crippen molar-refractivity contribution in [3.8, 4) is 11.5 Å². The highest BCUT2D eigenvalue weighted by Crippen LogP contribution is 2.43. The van der Waals surface area contributed by atoms with Crippen molar-refractivity contribution in [1.29, 1.82) is 0 Å². The van der Waals surface area contributed by atoms with Crippen LogP contribution >= 0.6 is 69.6 Å². The van der Waals surface area contributed by atoms with Gasteiger partial charge in [-0.25, -0.2) is 19.2 Å². The lowest BCUT2D eigenvalue weighted by Gasteiger charge is -2.34. The summed E-state index contributed by atoms with van der Waals surface area (Å²) in [6.45, 7) is 4.40. The number of esters is 4. The van der Waals surface area contributed by atoms with Gasteiger partial charge in [0.15, 0.2) is 11.5 Å². The van der Waals surface area contributed by atoms with Crippen molar-refractivity contribution in [3.05, 3.63) is 53.4 Å². The Bertz CT molecular complexity index is 1360. The first-order valence-corrected chi connectivity index (χ1v) is 16.2. The largest absolute Gasteiger partial charge is 0.462 e. The maximum Gasteiger partial charge on any atom is 0.423 e. The molecular formula is C30H28Cl6O8. The van der Waals surface area contributed by atoms with E-state index in [1.54, 1.807) is 0 Å². The quantitative estimate of drug-likeness (QED) is 0.103. The van der Waals surface area contributed by atoms with Crippen LogP contribution in [0, 0.1) is 23.7 Å². The third kappa shape index (κ3) is 7.88. The zero-order valence-electron chi connectivity index (χ0n) is 23.7. The van der Waals surface area contributed by atoms with E-state index in [9.17, 15) is 19.2 Å². The van der Waals surface area contributed by atoms with Crippen LogP contribution in [0.15, 0.2) is 12.1 Å². The second-order valence-electron chi connectivity index (χ2n) is 10.9. The van der Waals surface area contributed by atoms with Crippen molar-refractivity contribution in [2.24, 2.45) is 23.7 Å². The molecule has 0 atom stereocenters. The smallest absolute Gasteiger partial charge is 0.423 e. The van der Waals surface area contributed by atoms with Crippen molar-refractivity contribution in [3.63, 3.8) is 0 Å². The normalized spacial score (nSPS) is 20.6. The number of hydrogen-bond donors (Lipinski definition) is 0. The molecule has 0 unspecified atom stereocenters. The van der Waals surface area contributed by atoms with E-state index in [2.05, 4.69) is 13.8 Å². The summed E-state index contributed by atoms with van der Waals surface area (Å²) >= 11 is 37.2. The Balaban J connectivity index is 1.50. The number of hydrogen-bond acceptors (Lipinski definition) is 8. The van der Waals surface area contributed by atoms with Gasteiger partial charge in [0.1, 0.15) is 11.1 Å². The van der Waals surface area contributed by atoms with Gasteiger partial charge in [0, 0.05) is 0 Å². The lowest BCUT2D eigenvalue weighted by atomic mass is 9.74. The number of rotatable bonds is 10. The van der Waals surface area contributed by atoms with Crippen LogP contribution in [0.3, 0.4) is 0 Å². The molecule has 0 radical (unpaired) electrons. The van der Waals surface area contributed by atoms with Gasteiger partial charge in [-0.15, -0.1) is 0 Å². The first kappa shape index (κ1) is 34.9. The van der Waals surface area contributed by atoms with Crippen LogP contribution in [0.5, 0.6) is 11.5 Å². The molecule has 2 aliphatic rings. The highest BCUT2D eigenvalue weighted by Gasteiger charge is 2.34. The highest BCUT2D eigenvalue weighted by atomic mass is 35.5. The SMILES string of the molecule is CCC1CC(COC(=O)c2c(Cl)c(Cl)cc(Cl)c2OC(=O)C(=O)Oc2c(Cl)cc(Cl)c(Cl)c2C(=O)OCC2CC(CC)C2)C1. The van der Waals surface area contributed by atoms with E-state index in [1.165, 1.54) is 0 Å². The van der Waals surface area contributed by atoms with E-state index in [-0.39, 0.29) is 55.2 Å². The van der Waals surface area contributed by atoms with Gasteiger partial charge < -0.3 is 18.9 Å². The van der Waals surface area contributed by atoms with Crippen molar-refractivity contribution < 1.29 is 38.1 Å². The van der Waals surface area contributed by atoms with Crippen LogP contribution in [0.25, 0.3) is 0 Å². The van der Waals surface area contributed by atoms with Crippen LogP contribution in [0.1, 0.15) is 73.1 Å². The Morgan fingerprint density at radius 2 is 0.932 bits per heavy atom. The van der Waals surface area contributed by atoms with Crippen molar-refractivity contribution in [1.82, 2.24) is 0 Å². The molecule has 2 fully saturated rings. The van der Waals surface area contributed by atoms with Gasteiger partial charge in [0.2, 0.25) is 0 Å². The maximum atomic E-state index is 13.0. The van der Waals surface area contributed by atoms with Crippen molar-refractivity contribution in [2.45, 2.75) is 52.4 Å². The molecule has 0 N–H and O–H groups in total. The fraction of sp³-hybridized carbons (Fsp3) is 0.467. The second kappa shape index (κ2) is 15.1. The van der Waals surface area contributed by atoms with Crippen LogP contribution < -0.4 is 9.47 Å². The van der Waals surface area contributed by atoms with Gasteiger partial charge in [-0.2, -0.15) is 0 Å². The molecule has 2 saturated carbocycles. The number of carbonyl (C=O) groups excluding carboxylic acids is 4. The van der Waals surface area contributed by atoms with E-state index in [1.807, 2.05) is 0 Å². The summed E-state index contributed by atoms with van der Waals surface area (Å²) in [5.41, 5.74) is -0.898. The van der Waals surface area contributed by atoms with E-state index in [4.69, 9.17) is 88.6 Å². The molecule has 2 aromatic rings. The molecular weight excluding hydrogens is 701 g/mol. The fourth-order valence-electron chi connectivity index (χ4n) is 5.21. The minimum absolute atomic E-state index is 0.111. The topological polar surface area (TPSA) is 105 Å². The standard InChI is InChI=1S/C30H28Cl6O8/c1-3-13-5-15(6-13)11-41-27(37)21-23(35)17(31)9-19(33)25(21)43-29(39)30(40)44-26-20(34)10-18(32)24(36)22(26)28(38)42-12-16-7-14(4-2)8-16/h9-10,13-16H,3-8,11-12H2,1-2H3. The average molecular weight is 729 g/mol. The predicted octanol–water partition coefficient (Wildman–Crippen LogP) is 9.30. The molecule has 2 aliphatic carbocycles. The first-order valence-electron chi connectivity index (χ1n) is 14.0. The third-order valence-corrected chi connectivity index (χ3v) is 10.1. The lowest BCUT2D eigenvalue weighted by molar-refractivity contribution is -0.156. The summed E-state index contributed by atoms with van der Waals surface area (Å²) in [5, 5.41) is -1.43. The Morgan fingerprint density at radius 3 is 1.25 bits per heavy atom. The Hall–Kier alpha value is -1.94. The van der Waals surface area contributed by atoms with Crippen LogP contribution in [-0.2, 0) is 19.1 Å². The zero-order valence-corrected chi connectivity index (χ0v) is 28.2. The number of halogens is 6. The second-order valence-corrected chi connectivity index (χ2v) is 13.3. The first-order chi connectivity index (χ1) is 20.8. The maximum absolute atomic E-state index is 13.0. The van der Waals surface area contributed by atoms with Gasteiger partial charge in [-0.05, 0) is 61.5 Å². The third-order valence-electron chi connectivity index (χ3n) is 7.94. The number of ether oxygens (including phenoxy) is 4. The summed E-state index contributed by atoms with van der Waals surface area (Å²) in [4.78, 5) is 51.8. The predicted molar refractivity (Wildman–Crippen MR) is 168 cm³/mol. The monoisotopic (exact) mass is 726 g/mol. The summed E-state index contributed by atoms with van der Waals surface area (Å²) in [6, 6.07) is 2.26. The lowest BCUT2D eigenvalue weighted by Crippen LogP contribution is -2.29. The van der Waals surface area contributed by atoms with E-state index in [0.29, 0.717) is 11.8 Å². The van der Waals surface area contributed by atoms with Gasteiger partial charge in [0.25, 0.3) is 0 Å². The average Bonchev–Trinajstić information content (AvgIpc) is 2.93. The molecule has 0 bridgehead atoms. The Labute approximate surface area is 284 Å². The van der Waals surface area contributed by atoms with Gasteiger partial charge in [-0.1, -0.05) is 96.3 Å². The molecule has 4 rings (SSSR count). The molecule has 0 heterocycles. The molecule has 44 heavy (non-hydrogen) atoms. The number of benzene rings is 2. The van der Waals surface area contributed by atoms with Gasteiger partial charge >= 0.3 is 23.9 Å². The molecule has 0 amide bonds.